The molecule has 0 radical (unpaired) electrons. The van der Waals surface area contributed by atoms with E-state index in [4.69, 9.17) is 16.9 Å². The lowest BCUT2D eigenvalue weighted by Crippen LogP contribution is -2.28. The summed E-state index contributed by atoms with van der Waals surface area (Å²) in [7, 11) is 1.88. The Morgan fingerprint density at radius 2 is 2.31 bits per heavy atom. The molecule has 0 aromatic heterocycles. The minimum absolute atomic E-state index is 0.0876. The summed E-state index contributed by atoms with van der Waals surface area (Å²) in [6.07, 6.45) is 1.19. The number of benzene rings is 1. The maximum absolute atomic E-state index is 10.6. The first-order valence-corrected chi connectivity index (χ1v) is 5.32. The molecule has 0 aliphatic heterocycles. The van der Waals surface area contributed by atoms with E-state index in [9.17, 15) is 4.79 Å². The van der Waals surface area contributed by atoms with E-state index < -0.39 is 0 Å². The number of halogens is 1. The fourth-order valence-corrected chi connectivity index (χ4v) is 1.71. The normalized spacial score (nSPS) is 11.6. The molecule has 0 heterocycles. The summed E-state index contributed by atoms with van der Waals surface area (Å²) in [6.45, 7) is 1.95. The standard InChI is InChI=1S/C12H13ClN2O/c1-9(5-6-14)15(2)12-4-3-10(8-16)7-11(12)13/h3-4,7-9H,5H2,1-2H3. The third-order valence-electron chi connectivity index (χ3n) is 2.54. The molecule has 0 spiro atoms. The molecule has 0 aliphatic rings. The molecule has 0 fully saturated rings. The van der Waals surface area contributed by atoms with Gasteiger partial charge < -0.3 is 4.90 Å². The summed E-state index contributed by atoms with van der Waals surface area (Å²) in [5, 5.41) is 9.15. The van der Waals surface area contributed by atoms with Crippen molar-refractivity contribution in [2.24, 2.45) is 0 Å². The summed E-state index contributed by atoms with van der Waals surface area (Å²) in [5.41, 5.74) is 1.38. The van der Waals surface area contributed by atoms with Crippen LogP contribution in [0.4, 0.5) is 5.69 Å². The van der Waals surface area contributed by atoms with Gasteiger partial charge in [-0.05, 0) is 25.1 Å². The molecule has 3 nitrogen and oxygen atoms in total. The van der Waals surface area contributed by atoms with Crippen LogP contribution in [0.15, 0.2) is 18.2 Å². The van der Waals surface area contributed by atoms with Crippen LogP contribution in [0.1, 0.15) is 23.7 Å². The Morgan fingerprint density at radius 3 is 2.81 bits per heavy atom. The summed E-state index contributed by atoms with van der Waals surface area (Å²) in [6, 6.07) is 7.34. The van der Waals surface area contributed by atoms with Crippen molar-refractivity contribution in [2.75, 3.05) is 11.9 Å². The Balaban J connectivity index is 2.96. The first-order valence-electron chi connectivity index (χ1n) is 4.94. The van der Waals surface area contributed by atoms with Crippen molar-refractivity contribution in [1.82, 2.24) is 0 Å². The average Bonchev–Trinajstić information content (AvgIpc) is 2.28. The molecule has 0 aliphatic carbocycles. The summed E-state index contributed by atoms with van der Waals surface area (Å²) in [5.74, 6) is 0. The Bertz CT molecular complexity index is 426. The quantitative estimate of drug-likeness (QED) is 0.755. The van der Waals surface area contributed by atoms with Gasteiger partial charge in [0.1, 0.15) is 6.29 Å². The lowest BCUT2D eigenvalue weighted by molar-refractivity contribution is 0.112. The van der Waals surface area contributed by atoms with E-state index in [0.29, 0.717) is 17.0 Å². The number of rotatable bonds is 4. The molecule has 1 rings (SSSR count). The van der Waals surface area contributed by atoms with Crippen LogP contribution in [0.5, 0.6) is 0 Å². The van der Waals surface area contributed by atoms with Gasteiger partial charge in [-0.15, -0.1) is 0 Å². The van der Waals surface area contributed by atoms with Gasteiger partial charge in [-0.2, -0.15) is 5.26 Å². The van der Waals surface area contributed by atoms with E-state index in [2.05, 4.69) is 6.07 Å². The van der Waals surface area contributed by atoms with Gasteiger partial charge in [0.2, 0.25) is 0 Å². The van der Waals surface area contributed by atoms with Crippen molar-refractivity contribution in [3.8, 4) is 6.07 Å². The molecule has 1 unspecified atom stereocenters. The first kappa shape index (κ1) is 12.5. The zero-order valence-corrected chi connectivity index (χ0v) is 10.0. The molecule has 0 N–H and O–H groups in total. The van der Waals surface area contributed by atoms with Crippen molar-refractivity contribution in [3.05, 3.63) is 28.8 Å². The minimum Gasteiger partial charge on any atom is -0.370 e. The molecule has 0 amide bonds. The number of carbonyl (C=O) groups is 1. The number of nitriles is 1. The fourth-order valence-electron chi connectivity index (χ4n) is 1.39. The predicted octanol–water partition coefficient (Wildman–Crippen LogP) is 2.89. The predicted molar refractivity (Wildman–Crippen MR) is 64.9 cm³/mol. The van der Waals surface area contributed by atoms with E-state index in [-0.39, 0.29) is 6.04 Å². The highest BCUT2D eigenvalue weighted by Gasteiger charge is 2.12. The van der Waals surface area contributed by atoms with Gasteiger partial charge in [-0.3, -0.25) is 4.79 Å². The van der Waals surface area contributed by atoms with Gasteiger partial charge in [0, 0.05) is 18.7 Å². The lowest BCUT2D eigenvalue weighted by atomic mass is 10.1. The molecule has 0 saturated heterocycles. The molecule has 1 aromatic rings. The minimum atomic E-state index is 0.0876. The van der Waals surface area contributed by atoms with Crippen LogP contribution in [0, 0.1) is 11.3 Å². The molecular weight excluding hydrogens is 224 g/mol. The second-order valence-electron chi connectivity index (χ2n) is 3.65. The second-order valence-corrected chi connectivity index (χ2v) is 4.06. The van der Waals surface area contributed by atoms with Crippen molar-refractivity contribution < 1.29 is 4.79 Å². The summed E-state index contributed by atoms with van der Waals surface area (Å²) >= 11 is 6.06. The van der Waals surface area contributed by atoms with E-state index in [0.717, 1.165) is 12.0 Å². The lowest BCUT2D eigenvalue weighted by Gasteiger charge is -2.26. The third kappa shape index (κ3) is 2.74. The van der Waals surface area contributed by atoms with Gasteiger partial charge in [-0.25, -0.2) is 0 Å². The van der Waals surface area contributed by atoms with Crippen LogP contribution in [0.2, 0.25) is 5.02 Å². The Morgan fingerprint density at radius 1 is 1.62 bits per heavy atom. The molecule has 4 heteroatoms. The van der Waals surface area contributed by atoms with E-state index in [1.807, 2.05) is 18.9 Å². The molecule has 0 bridgehead atoms. The molecule has 1 atom stereocenters. The maximum Gasteiger partial charge on any atom is 0.150 e. The zero-order chi connectivity index (χ0) is 12.1. The van der Waals surface area contributed by atoms with Crippen molar-refractivity contribution in [3.63, 3.8) is 0 Å². The zero-order valence-electron chi connectivity index (χ0n) is 9.27. The number of carbonyl (C=O) groups excluding carboxylic acids is 1. The number of hydrogen-bond acceptors (Lipinski definition) is 3. The van der Waals surface area contributed by atoms with Gasteiger partial charge in [0.05, 0.1) is 23.2 Å². The topological polar surface area (TPSA) is 44.1 Å². The highest BCUT2D eigenvalue weighted by molar-refractivity contribution is 6.33. The number of aldehydes is 1. The van der Waals surface area contributed by atoms with E-state index >= 15 is 0 Å². The van der Waals surface area contributed by atoms with Gasteiger partial charge in [0.25, 0.3) is 0 Å². The van der Waals surface area contributed by atoms with Crippen LogP contribution >= 0.6 is 11.6 Å². The average molecular weight is 237 g/mol. The van der Waals surface area contributed by atoms with E-state index in [1.54, 1.807) is 18.2 Å². The molecule has 0 saturated carbocycles. The second kappa shape index (κ2) is 5.53. The molecule has 84 valence electrons. The van der Waals surface area contributed by atoms with Gasteiger partial charge >= 0.3 is 0 Å². The SMILES string of the molecule is CC(CC#N)N(C)c1ccc(C=O)cc1Cl. The molecular formula is C12H13ClN2O. The monoisotopic (exact) mass is 236 g/mol. The van der Waals surface area contributed by atoms with Crippen LogP contribution in [0.3, 0.4) is 0 Å². The largest absolute Gasteiger partial charge is 0.370 e. The van der Waals surface area contributed by atoms with Crippen LogP contribution in [-0.4, -0.2) is 19.4 Å². The Hall–Kier alpha value is -1.53. The summed E-state index contributed by atoms with van der Waals surface area (Å²) in [4.78, 5) is 12.5. The highest BCUT2D eigenvalue weighted by atomic mass is 35.5. The van der Waals surface area contributed by atoms with Crippen molar-refractivity contribution >= 4 is 23.6 Å². The number of anilines is 1. The molecule has 16 heavy (non-hydrogen) atoms. The Labute approximate surface area is 100 Å². The van der Waals surface area contributed by atoms with Crippen LogP contribution < -0.4 is 4.90 Å². The smallest absolute Gasteiger partial charge is 0.150 e. The van der Waals surface area contributed by atoms with Crippen molar-refractivity contribution in [2.45, 2.75) is 19.4 Å². The van der Waals surface area contributed by atoms with Crippen molar-refractivity contribution in [1.29, 1.82) is 5.26 Å². The first-order chi connectivity index (χ1) is 7.60. The molecule has 1 aromatic carbocycles. The number of nitrogens with zero attached hydrogens (tertiary/aromatic N) is 2. The van der Waals surface area contributed by atoms with Crippen LogP contribution in [0.25, 0.3) is 0 Å². The summed E-state index contributed by atoms with van der Waals surface area (Å²) < 4.78 is 0. The van der Waals surface area contributed by atoms with E-state index in [1.165, 1.54) is 0 Å². The third-order valence-corrected chi connectivity index (χ3v) is 2.84. The van der Waals surface area contributed by atoms with Crippen LogP contribution in [-0.2, 0) is 0 Å². The fraction of sp³-hybridized carbons (Fsp3) is 0.333. The maximum atomic E-state index is 10.6. The number of hydrogen-bond donors (Lipinski definition) is 0. The van der Waals surface area contributed by atoms with Gasteiger partial charge in [0.15, 0.2) is 0 Å². The van der Waals surface area contributed by atoms with Gasteiger partial charge in [-0.1, -0.05) is 11.6 Å². The Kier molecular flexibility index (Phi) is 4.33. The highest BCUT2D eigenvalue weighted by Crippen LogP contribution is 2.27.